The van der Waals surface area contributed by atoms with Crippen LogP contribution in [0.1, 0.15) is 23.6 Å². The molecule has 1 aliphatic heterocycles. The van der Waals surface area contributed by atoms with Crippen LogP contribution in [0.4, 0.5) is 10.8 Å². The molecule has 30 heavy (non-hydrogen) atoms. The van der Waals surface area contributed by atoms with Crippen LogP contribution in [0.3, 0.4) is 0 Å². The van der Waals surface area contributed by atoms with Gasteiger partial charge in [-0.25, -0.2) is 5.01 Å². The molecule has 1 aliphatic rings. The minimum absolute atomic E-state index is 0.0682. The molecular weight excluding hydrogens is 416 g/mol. The van der Waals surface area contributed by atoms with Gasteiger partial charge in [0, 0.05) is 26.2 Å². The Morgan fingerprint density at radius 2 is 1.90 bits per heavy atom. The molecule has 4 rings (SSSR count). The van der Waals surface area contributed by atoms with Crippen LogP contribution in [-0.2, 0) is 4.79 Å². The molecule has 0 spiro atoms. The zero-order valence-electron chi connectivity index (χ0n) is 16.7. The van der Waals surface area contributed by atoms with Crippen LogP contribution in [0.25, 0.3) is 0 Å². The Morgan fingerprint density at radius 1 is 1.17 bits per heavy atom. The predicted molar refractivity (Wildman–Crippen MR) is 123 cm³/mol. The van der Waals surface area contributed by atoms with Crippen molar-refractivity contribution in [2.75, 3.05) is 30.5 Å². The topological polar surface area (TPSA) is 87.7 Å². The van der Waals surface area contributed by atoms with E-state index in [2.05, 4.69) is 39.4 Å². The van der Waals surface area contributed by atoms with Crippen molar-refractivity contribution in [2.45, 2.75) is 16.8 Å². The SMILES string of the molecule is CN(C)c1ccc(C2CC(c3ccccc3)=NN2C(=O)CSc2nnc(N)s2)cc1. The van der Waals surface area contributed by atoms with E-state index in [4.69, 9.17) is 10.8 Å². The minimum atomic E-state index is -0.135. The number of hydrogen-bond donors (Lipinski definition) is 1. The van der Waals surface area contributed by atoms with Gasteiger partial charge in [0.15, 0.2) is 4.34 Å². The molecule has 0 fully saturated rings. The van der Waals surface area contributed by atoms with Crippen LogP contribution in [0, 0.1) is 0 Å². The first kappa shape index (κ1) is 20.4. The fourth-order valence-corrected chi connectivity index (χ4v) is 4.76. The summed E-state index contributed by atoms with van der Waals surface area (Å²) in [5.41, 5.74) is 9.76. The van der Waals surface area contributed by atoms with Crippen LogP contribution in [0.2, 0.25) is 0 Å². The van der Waals surface area contributed by atoms with E-state index in [0.717, 1.165) is 22.5 Å². The van der Waals surface area contributed by atoms with E-state index in [9.17, 15) is 4.79 Å². The fraction of sp³-hybridized carbons (Fsp3) is 0.238. The Bertz CT molecular complexity index is 1050. The second kappa shape index (κ2) is 8.85. The first-order valence-electron chi connectivity index (χ1n) is 9.45. The summed E-state index contributed by atoms with van der Waals surface area (Å²) >= 11 is 2.61. The number of hydrogen-bond acceptors (Lipinski definition) is 8. The van der Waals surface area contributed by atoms with Crippen molar-refractivity contribution >= 4 is 45.5 Å². The molecule has 0 radical (unpaired) electrons. The first-order chi connectivity index (χ1) is 14.5. The van der Waals surface area contributed by atoms with E-state index in [1.165, 1.54) is 23.1 Å². The van der Waals surface area contributed by atoms with Gasteiger partial charge in [-0.05, 0) is 23.3 Å². The molecule has 7 nitrogen and oxygen atoms in total. The van der Waals surface area contributed by atoms with Crippen molar-refractivity contribution in [1.29, 1.82) is 0 Å². The van der Waals surface area contributed by atoms with Crippen molar-refractivity contribution in [1.82, 2.24) is 15.2 Å². The van der Waals surface area contributed by atoms with Crippen molar-refractivity contribution in [3.05, 3.63) is 65.7 Å². The molecule has 0 bridgehead atoms. The summed E-state index contributed by atoms with van der Waals surface area (Å²) in [6, 6.07) is 18.1. The molecule has 1 amide bonds. The predicted octanol–water partition coefficient (Wildman–Crippen LogP) is 3.66. The summed E-state index contributed by atoms with van der Waals surface area (Å²) < 4.78 is 0.680. The molecule has 1 atom stereocenters. The monoisotopic (exact) mass is 438 g/mol. The number of anilines is 2. The van der Waals surface area contributed by atoms with Gasteiger partial charge in [0.25, 0.3) is 5.91 Å². The lowest BCUT2D eigenvalue weighted by Crippen LogP contribution is -2.28. The van der Waals surface area contributed by atoms with Crippen molar-refractivity contribution in [2.24, 2.45) is 5.10 Å². The average molecular weight is 439 g/mol. The zero-order chi connectivity index (χ0) is 21.1. The summed E-state index contributed by atoms with van der Waals surface area (Å²) in [6.45, 7) is 0. The number of carbonyl (C=O) groups is 1. The Hall–Kier alpha value is -2.91. The molecule has 2 N–H and O–H groups in total. The lowest BCUT2D eigenvalue weighted by atomic mass is 9.98. The smallest absolute Gasteiger partial charge is 0.253 e. The maximum atomic E-state index is 13.1. The number of nitrogens with zero attached hydrogens (tertiary/aromatic N) is 5. The largest absolute Gasteiger partial charge is 0.378 e. The maximum absolute atomic E-state index is 13.1. The van der Waals surface area contributed by atoms with Gasteiger partial charge in [-0.15, -0.1) is 10.2 Å². The van der Waals surface area contributed by atoms with E-state index in [0.29, 0.717) is 15.9 Å². The number of thioether (sulfide) groups is 1. The van der Waals surface area contributed by atoms with Crippen LogP contribution in [0.15, 0.2) is 64.0 Å². The molecule has 1 unspecified atom stereocenters. The van der Waals surface area contributed by atoms with E-state index < -0.39 is 0 Å². The number of hydrazone groups is 1. The van der Waals surface area contributed by atoms with Crippen LogP contribution in [0.5, 0.6) is 0 Å². The highest BCUT2D eigenvalue weighted by Gasteiger charge is 2.33. The van der Waals surface area contributed by atoms with Crippen molar-refractivity contribution in [3.63, 3.8) is 0 Å². The van der Waals surface area contributed by atoms with Gasteiger partial charge in [-0.2, -0.15) is 5.10 Å². The quantitative estimate of drug-likeness (QED) is 0.591. The molecule has 9 heteroatoms. The summed E-state index contributed by atoms with van der Waals surface area (Å²) in [7, 11) is 4.02. The van der Waals surface area contributed by atoms with Gasteiger partial charge in [-0.3, -0.25) is 4.79 Å². The molecule has 2 heterocycles. The van der Waals surface area contributed by atoms with Crippen molar-refractivity contribution in [3.8, 4) is 0 Å². The number of benzene rings is 2. The number of rotatable bonds is 6. The molecule has 154 valence electrons. The van der Waals surface area contributed by atoms with Gasteiger partial charge >= 0.3 is 0 Å². The van der Waals surface area contributed by atoms with Crippen molar-refractivity contribution < 1.29 is 4.79 Å². The highest BCUT2D eigenvalue weighted by Crippen LogP contribution is 2.34. The standard InChI is InChI=1S/C21H22N6OS2/c1-26(2)16-10-8-15(9-11-16)18-12-17(14-6-4-3-5-7-14)25-27(18)19(28)13-29-21-24-23-20(22)30-21/h3-11,18H,12-13H2,1-2H3,(H2,22,23). The minimum Gasteiger partial charge on any atom is -0.378 e. The molecule has 3 aromatic rings. The van der Waals surface area contributed by atoms with E-state index in [1.54, 1.807) is 5.01 Å². The number of carbonyl (C=O) groups excluding carboxylic acids is 1. The first-order valence-corrected chi connectivity index (χ1v) is 11.3. The molecule has 0 saturated heterocycles. The lowest BCUT2D eigenvalue weighted by molar-refractivity contribution is -0.130. The van der Waals surface area contributed by atoms with Gasteiger partial charge in [-0.1, -0.05) is 65.6 Å². The van der Waals surface area contributed by atoms with Gasteiger partial charge < -0.3 is 10.6 Å². The normalized spacial score (nSPS) is 15.9. The Morgan fingerprint density at radius 3 is 2.53 bits per heavy atom. The van der Waals surface area contributed by atoms with Crippen LogP contribution in [-0.4, -0.2) is 46.7 Å². The van der Waals surface area contributed by atoms with Crippen LogP contribution >= 0.6 is 23.1 Å². The summed E-state index contributed by atoms with van der Waals surface area (Å²) in [5, 5.41) is 14.5. The number of aromatic nitrogens is 2. The van der Waals surface area contributed by atoms with Gasteiger partial charge in [0.05, 0.1) is 17.5 Å². The van der Waals surface area contributed by atoms with Gasteiger partial charge in [0.2, 0.25) is 5.13 Å². The third-order valence-electron chi connectivity index (χ3n) is 4.81. The third kappa shape index (κ3) is 4.47. The zero-order valence-corrected chi connectivity index (χ0v) is 18.4. The lowest BCUT2D eigenvalue weighted by Gasteiger charge is -2.22. The Labute approximate surface area is 183 Å². The van der Waals surface area contributed by atoms with E-state index in [-0.39, 0.29) is 17.7 Å². The molecule has 2 aromatic carbocycles. The Kier molecular flexibility index (Phi) is 6.01. The third-order valence-corrected chi connectivity index (χ3v) is 6.68. The van der Waals surface area contributed by atoms with E-state index >= 15 is 0 Å². The highest BCUT2D eigenvalue weighted by atomic mass is 32.2. The van der Waals surface area contributed by atoms with Crippen LogP contribution < -0.4 is 10.6 Å². The summed E-state index contributed by atoms with van der Waals surface area (Å²) in [4.78, 5) is 15.1. The molecule has 1 aromatic heterocycles. The average Bonchev–Trinajstić information content (AvgIpc) is 3.39. The number of nitrogen functional groups attached to an aromatic ring is 1. The maximum Gasteiger partial charge on any atom is 0.253 e. The van der Waals surface area contributed by atoms with Gasteiger partial charge in [0.1, 0.15) is 0 Å². The number of nitrogens with two attached hydrogens (primary N) is 1. The molecule has 0 aliphatic carbocycles. The molecular formula is C21H22N6OS2. The highest BCUT2D eigenvalue weighted by molar-refractivity contribution is 8.01. The second-order valence-electron chi connectivity index (χ2n) is 7.05. The fourth-order valence-electron chi connectivity index (χ4n) is 3.27. The molecule has 0 saturated carbocycles. The van der Waals surface area contributed by atoms with E-state index in [1.807, 2.05) is 44.4 Å². The Balaban J connectivity index is 1.57. The summed E-state index contributed by atoms with van der Waals surface area (Å²) in [5.74, 6) is 0.160. The second-order valence-corrected chi connectivity index (χ2v) is 9.28. The number of amides is 1. The summed E-state index contributed by atoms with van der Waals surface area (Å²) in [6.07, 6.45) is 0.674.